The van der Waals surface area contributed by atoms with Crippen molar-refractivity contribution in [2.75, 3.05) is 31.2 Å². The highest BCUT2D eigenvalue weighted by atomic mass is 32.2. The first kappa shape index (κ1) is 19.6. The Balaban J connectivity index is 1.83. The first-order chi connectivity index (χ1) is 12.4. The van der Waals surface area contributed by atoms with Crippen molar-refractivity contribution in [1.29, 1.82) is 0 Å². The molecule has 1 amide bonds. The van der Waals surface area contributed by atoms with Crippen LogP contribution in [0.15, 0.2) is 48.5 Å². The summed E-state index contributed by atoms with van der Waals surface area (Å²) in [7, 11) is -0.468. The predicted molar refractivity (Wildman–Crippen MR) is 100 cm³/mol. The van der Waals surface area contributed by atoms with Crippen LogP contribution in [0.1, 0.15) is 5.56 Å². The van der Waals surface area contributed by atoms with Crippen molar-refractivity contribution in [3.05, 3.63) is 54.1 Å². The maximum atomic E-state index is 12.0. The standard InChI is InChI=1S/C18H22N2O5S/c1-24-16-9-8-14(12-17(16)25-2)13-18(21)19-10-11-26(22,23)20-15-6-4-3-5-7-15/h3-9,12,20H,10-11,13H2,1-2H3,(H,19,21). The molecule has 0 aliphatic rings. The van der Waals surface area contributed by atoms with Gasteiger partial charge < -0.3 is 14.8 Å². The lowest BCUT2D eigenvalue weighted by molar-refractivity contribution is -0.120. The first-order valence-corrected chi connectivity index (χ1v) is 9.62. The quantitative estimate of drug-likeness (QED) is 0.694. The molecular formula is C18H22N2O5S. The summed E-state index contributed by atoms with van der Waals surface area (Å²) in [6.07, 6.45) is 0.118. The maximum absolute atomic E-state index is 12.0. The number of anilines is 1. The number of carbonyl (C=O) groups is 1. The van der Waals surface area contributed by atoms with Gasteiger partial charge in [0.15, 0.2) is 11.5 Å². The SMILES string of the molecule is COc1ccc(CC(=O)NCCS(=O)(=O)Nc2ccccc2)cc1OC. The van der Waals surface area contributed by atoms with Gasteiger partial charge in [-0.2, -0.15) is 0 Å². The van der Waals surface area contributed by atoms with Crippen molar-refractivity contribution >= 4 is 21.6 Å². The Bertz CT molecular complexity index is 838. The number of sulfonamides is 1. The van der Waals surface area contributed by atoms with Gasteiger partial charge in [0.1, 0.15) is 0 Å². The maximum Gasteiger partial charge on any atom is 0.234 e. The molecule has 2 N–H and O–H groups in total. The van der Waals surface area contributed by atoms with Crippen LogP contribution in [0.3, 0.4) is 0 Å². The Hall–Kier alpha value is -2.74. The lowest BCUT2D eigenvalue weighted by atomic mass is 10.1. The number of carbonyl (C=O) groups excluding carboxylic acids is 1. The van der Waals surface area contributed by atoms with E-state index in [1.54, 1.807) is 48.5 Å². The number of hydrogen-bond donors (Lipinski definition) is 2. The fourth-order valence-electron chi connectivity index (χ4n) is 2.30. The van der Waals surface area contributed by atoms with Gasteiger partial charge in [0.05, 0.1) is 26.4 Å². The van der Waals surface area contributed by atoms with E-state index >= 15 is 0 Å². The third-order valence-corrected chi connectivity index (χ3v) is 4.84. The monoisotopic (exact) mass is 378 g/mol. The van der Waals surface area contributed by atoms with E-state index in [-0.39, 0.29) is 24.6 Å². The Kier molecular flexibility index (Phi) is 6.85. The van der Waals surface area contributed by atoms with E-state index in [9.17, 15) is 13.2 Å². The van der Waals surface area contributed by atoms with Gasteiger partial charge >= 0.3 is 0 Å². The molecule has 0 aliphatic heterocycles. The van der Waals surface area contributed by atoms with E-state index in [2.05, 4.69) is 10.0 Å². The highest BCUT2D eigenvalue weighted by Crippen LogP contribution is 2.27. The molecule has 2 rings (SSSR count). The Labute approximate surface area is 153 Å². The van der Waals surface area contributed by atoms with Gasteiger partial charge in [0, 0.05) is 12.2 Å². The van der Waals surface area contributed by atoms with Crippen molar-refractivity contribution in [1.82, 2.24) is 5.32 Å². The summed E-state index contributed by atoms with van der Waals surface area (Å²) in [6, 6.07) is 13.8. The second kappa shape index (κ2) is 9.10. The third-order valence-electron chi connectivity index (χ3n) is 3.55. The molecule has 0 bridgehead atoms. The van der Waals surface area contributed by atoms with Crippen LogP contribution in [0, 0.1) is 0 Å². The average Bonchev–Trinajstić information content (AvgIpc) is 2.61. The molecule has 0 saturated carbocycles. The lowest BCUT2D eigenvalue weighted by Crippen LogP contribution is -2.32. The molecule has 2 aromatic carbocycles. The number of amides is 1. The van der Waals surface area contributed by atoms with Crippen molar-refractivity contribution in [3.8, 4) is 11.5 Å². The summed E-state index contributed by atoms with van der Waals surface area (Å²) >= 11 is 0. The third kappa shape index (κ3) is 5.96. The summed E-state index contributed by atoms with van der Waals surface area (Å²) in [5.74, 6) is 0.633. The zero-order valence-corrected chi connectivity index (χ0v) is 15.5. The molecule has 0 saturated heterocycles. The molecule has 0 spiro atoms. The van der Waals surface area contributed by atoms with E-state index in [1.165, 1.54) is 14.2 Å². The Morgan fingerprint density at radius 1 is 1.00 bits per heavy atom. The van der Waals surface area contributed by atoms with E-state index in [0.717, 1.165) is 5.56 Å². The number of ether oxygens (including phenoxy) is 2. The van der Waals surface area contributed by atoms with E-state index in [1.807, 2.05) is 0 Å². The summed E-state index contributed by atoms with van der Waals surface area (Å²) in [4.78, 5) is 12.0. The second-order valence-corrected chi connectivity index (χ2v) is 7.34. The summed E-state index contributed by atoms with van der Waals surface area (Å²) in [5.41, 5.74) is 1.23. The molecule has 0 heterocycles. The van der Waals surface area contributed by atoms with Crippen LogP contribution in [-0.2, 0) is 21.2 Å². The number of rotatable bonds is 9. The molecule has 0 aromatic heterocycles. The van der Waals surface area contributed by atoms with E-state index in [4.69, 9.17) is 9.47 Å². The minimum atomic E-state index is -3.52. The zero-order chi connectivity index (χ0) is 19.0. The molecule has 2 aromatic rings. The molecule has 0 radical (unpaired) electrons. The minimum absolute atomic E-state index is 0.0221. The van der Waals surface area contributed by atoms with Gasteiger partial charge in [0.2, 0.25) is 15.9 Å². The van der Waals surface area contributed by atoms with Crippen LogP contribution < -0.4 is 19.5 Å². The second-order valence-electron chi connectivity index (χ2n) is 5.50. The van der Waals surface area contributed by atoms with Gasteiger partial charge in [0.25, 0.3) is 0 Å². The fourth-order valence-corrected chi connectivity index (χ4v) is 3.27. The van der Waals surface area contributed by atoms with Gasteiger partial charge in [-0.05, 0) is 29.8 Å². The topological polar surface area (TPSA) is 93.7 Å². The normalized spacial score (nSPS) is 10.8. The summed E-state index contributed by atoms with van der Waals surface area (Å²) in [6.45, 7) is 0.0221. The summed E-state index contributed by atoms with van der Waals surface area (Å²) < 4.78 is 36.8. The van der Waals surface area contributed by atoms with E-state index < -0.39 is 10.0 Å². The average molecular weight is 378 g/mol. The smallest absolute Gasteiger partial charge is 0.234 e. The molecule has 26 heavy (non-hydrogen) atoms. The molecular weight excluding hydrogens is 356 g/mol. The fraction of sp³-hybridized carbons (Fsp3) is 0.278. The molecule has 0 aliphatic carbocycles. The zero-order valence-electron chi connectivity index (χ0n) is 14.7. The predicted octanol–water partition coefficient (Wildman–Crippen LogP) is 1.80. The van der Waals surface area contributed by atoms with Crippen molar-refractivity contribution < 1.29 is 22.7 Å². The molecule has 0 unspecified atom stereocenters. The highest BCUT2D eigenvalue weighted by Gasteiger charge is 2.12. The van der Waals surface area contributed by atoms with Crippen LogP contribution in [0.5, 0.6) is 11.5 Å². The van der Waals surface area contributed by atoms with Gasteiger partial charge in [-0.1, -0.05) is 24.3 Å². The van der Waals surface area contributed by atoms with Crippen molar-refractivity contribution in [3.63, 3.8) is 0 Å². The van der Waals surface area contributed by atoms with Gasteiger partial charge in [-0.15, -0.1) is 0 Å². The lowest BCUT2D eigenvalue weighted by Gasteiger charge is -2.10. The van der Waals surface area contributed by atoms with Crippen LogP contribution in [0.2, 0.25) is 0 Å². The molecule has 7 nitrogen and oxygen atoms in total. The van der Waals surface area contributed by atoms with Gasteiger partial charge in [-0.25, -0.2) is 8.42 Å². The number of benzene rings is 2. The van der Waals surface area contributed by atoms with Crippen LogP contribution in [0.25, 0.3) is 0 Å². The number of nitrogens with one attached hydrogen (secondary N) is 2. The van der Waals surface area contributed by atoms with Crippen molar-refractivity contribution in [2.45, 2.75) is 6.42 Å². The molecule has 8 heteroatoms. The number of para-hydroxylation sites is 1. The minimum Gasteiger partial charge on any atom is -0.493 e. The van der Waals surface area contributed by atoms with Crippen LogP contribution >= 0.6 is 0 Å². The molecule has 0 atom stereocenters. The number of hydrogen-bond acceptors (Lipinski definition) is 5. The Morgan fingerprint density at radius 2 is 1.69 bits per heavy atom. The Morgan fingerprint density at radius 3 is 2.35 bits per heavy atom. The largest absolute Gasteiger partial charge is 0.493 e. The van der Waals surface area contributed by atoms with Gasteiger partial charge in [-0.3, -0.25) is 9.52 Å². The summed E-state index contributed by atoms with van der Waals surface area (Å²) in [5, 5.41) is 2.61. The first-order valence-electron chi connectivity index (χ1n) is 7.96. The number of methoxy groups -OCH3 is 2. The highest BCUT2D eigenvalue weighted by molar-refractivity contribution is 7.92. The van der Waals surface area contributed by atoms with E-state index in [0.29, 0.717) is 17.2 Å². The molecule has 140 valence electrons. The van der Waals surface area contributed by atoms with Crippen LogP contribution in [0.4, 0.5) is 5.69 Å². The van der Waals surface area contributed by atoms with Crippen molar-refractivity contribution in [2.24, 2.45) is 0 Å². The molecule has 0 fully saturated rings. The van der Waals surface area contributed by atoms with Crippen LogP contribution in [-0.4, -0.2) is 40.8 Å².